The summed E-state index contributed by atoms with van der Waals surface area (Å²) in [5, 5.41) is 7.93. The fraction of sp³-hybridized carbons (Fsp3) is 0.167. The SMILES string of the molecule is COc1ccc([C@H]2Nc3ccccc3-c3nc(=O)c(C)nn32)cc1. The van der Waals surface area contributed by atoms with E-state index in [0.717, 1.165) is 22.6 Å². The van der Waals surface area contributed by atoms with Crippen molar-refractivity contribution >= 4 is 5.69 Å². The predicted molar refractivity (Wildman–Crippen MR) is 91.2 cm³/mol. The third-order valence-corrected chi connectivity index (χ3v) is 4.13. The quantitative estimate of drug-likeness (QED) is 0.786. The van der Waals surface area contributed by atoms with Crippen molar-refractivity contribution in [2.45, 2.75) is 13.1 Å². The number of nitrogens with one attached hydrogen (secondary N) is 1. The minimum Gasteiger partial charge on any atom is -0.497 e. The Morgan fingerprint density at radius 1 is 1.12 bits per heavy atom. The molecule has 1 aliphatic heterocycles. The number of hydrogen-bond donors (Lipinski definition) is 1. The Labute approximate surface area is 138 Å². The Bertz CT molecular complexity index is 963. The highest BCUT2D eigenvalue weighted by Crippen LogP contribution is 2.36. The topological polar surface area (TPSA) is 69.0 Å². The molecule has 1 N–H and O–H groups in total. The Hall–Kier alpha value is -3.15. The monoisotopic (exact) mass is 320 g/mol. The standard InChI is InChI=1S/C18H16N4O2/c1-11-18(23)20-17-14-5-3-4-6-15(14)19-16(22(17)21-11)12-7-9-13(24-2)10-8-12/h3-10,16,19H,1-2H3/t16-/m0/s1. The summed E-state index contributed by atoms with van der Waals surface area (Å²) >= 11 is 0. The van der Waals surface area contributed by atoms with E-state index >= 15 is 0 Å². The number of methoxy groups -OCH3 is 1. The molecule has 24 heavy (non-hydrogen) atoms. The van der Waals surface area contributed by atoms with Crippen LogP contribution >= 0.6 is 0 Å². The third-order valence-electron chi connectivity index (χ3n) is 4.13. The first kappa shape index (κ1) is 14.4. The first-order valence-corrected chi connectivity index (χ1v) is 7.65. The molecule has 120 valence electrons. The van der Waals surface area contributed by atoms with E-state index in [2.05, 4.69) is 15.4 Å². The molecule has 0 fully saturated rings. The zero-order chi connectivity index (χ0) is 16.7. The molecule has 3 aromatic rings. The molecule has 1 atom stereocenters. The molecule has 0 amide bonds. The summed E-state index contributed by atoms with van der Waals surface area (Å²) in [5.41, 5.74) is 2.87. The largest absolute Gasteiger partial charge is 0.497 e. The maximum atomic E-state index is 12.0. The van der Waals surface area contributed by atoms with Gasteiger partial charge in [-0.05, 0) is 36.8 Å². The second-order valence-electron chi connectivity index (χ2n) is 5.64. The molecule has 1 aromatic heterocycles. The molecule has 6 nitrogen and oxygen atoms in total. The molecule has 0 saturated heterocycles. The lowest BCUT2D eigenvalue weighted by atomic mass is 10.1. The van der Waals surface area contributed by atoms with Crippen LogP contribution in [0.2, 0.25) is 0 Å². The lowest BCUT2D eigenvalue weighted by molar-refractivity contribution is 0.414. The Morgan fingerprint density at radius 3 is 2.62 bits per heavy atom. The van der Waals surface area contributed by atoms with Gasteiger partial charge in [-0.3, -0.25) is 4.79 Å². The van der Waals surface area contributed by atoms with Gasteiger partial charge in [-0.1, -0.05) is 24.3 Å². The van der Waals surface area contributed by atoms with E-state index in [4.69, 9.17) is 4.74 Å². The number of aryl methyl sites for hydroxylation is 1. The van der Waals surface area contributed by atoms with Crippen LogP contribution in [0.15, 0.2) is 53.3 Å². The van der Waals surface area contributed by atoms with E-state index in [9.17, 15) is 4.79 Å². The molecular weight excluding hydrogens is 304 g/mol. The first-order chi connectivity index (χ1) is 11.7. The molecule has 6 heteroatoms. The summed E-state index contributed by atoms with van der Waals surface area (Å²) in [6.07, 6.45) is -0.243. The molecule has 0 saturated carbocycles. The van der Waals surface area contributed by atoms with Gasteiger partial charge in [0.25, 0.3) is 5.56 Å². The summed E-state index contributed by atoms with van der Waals surface area (Å²) in [6, 6.07) is 15.5. The average Bonchev–Trinajstić information content (AvgIpc) is 2.62. The van der Waals surface area contributed by atoms with Crippen LogP contribution in [0.4, 0.5) is 5.69 Å². The molecule has 0 radical (unpaired) electrons. The van der Waals surface area contributed by atoms with Gasteiger partial charge in [0.1, 0.15) is 17.6 Å². The second-order valence-corrected chi connectivity index (χ2v) is 5.64. The highest BCUT2D eigenvalue weighted by molar-refractivity contribution is 5.76. The van der Waals surface area contributed by atoms with Crippen LogP contribution in [0.25, 0.3) is 11.4 Å². The number of fused-ring (bicyclic) bond motifs is 3. The lowest BCUT2D eigenvalue weighted by Gasteiger charge is -2.30. The third kappa shape index (κ3) is 2.23. The minimum absolute atomic E-state index is 0.243. The molecular formula is C18H16N4O2. The van der Waals surface area contributed by atoms with Crippen LogP contribution in [0, 0.1) is 6.92 Å². The van der Waals surface area contributed by atoms with Gasteiger partial charge < -0.3 is 10.1 Å². The second kappa shape index (κ2) is 5.49. The average molecular weight is 320 g/mol. The number of ether oxygens (including phenoxy) is 1. The fourth-order valence-electron chi connectivity index (χ4n) is 2.87. The van der Waals surface area contributed by atoms with Gasteiger partial charge in [0, 0.05) is 11.3 Å². The summed E-state index contributed by atoms with van der Waals surface area (Å²) in [4.78, 5) is 16.2. The highest BCUT2D eigenvalue weighted by atomic mass is 16.5. The highest BCUT2D eigenvalue weighted by Gasteiger charge is 2.26. The molecule has 0 aliphatic carbocycles. The molecule has 0 spiro atoms. The molecule has 1 aliphatic rings. The van der Waals surface area contributed by atoms with Gasteiger partial charge in [0.05, 0.1) is 7.11 Å². The zero-order valence-corrected chi connectivity index (χ0v) is 13.4. The van der Waals surface area contributed by atoms with Crippen LogP contribution in [0.3, 0.4) is 0 Å². The summed E-state index contributed by atoms with van der Waals surface area (Å²) in [7, 11) is 1.64. The number of aromatic nitrogens is 3. The Kier molecular flexibility index (Phi) is 3.30. The van der Waals surface area contributed by atoms with Gasteiger partial charge in [0.2, 0.25) is 0 Å². The van der Waals surface area contributed by atoms with Crippen LogP contribution in [0.1, 0.15) is 17.4 Å². The Morgan fingerprint density at radius 2 is 1.88 bits per heavy atom. The number of para-hydroxylation sites is 1. The van der Waals surface area contributed by atoms with Crippen molar-refractivity contribution in [2.24, 2.45) is 0 Å². The summed E-state index contributed by atoms with van der Waals surface area (Å²) in [6.45, 7) is 1.67. The molecule has 4 rings (SSSR count). The Balaban J connectivity index is 1.91. The van der Waals surface area contributed by atoms with Crippen molar-refractivity contribution in [3.05, 3.63) is 70.1 Å². The van der Waals surface area contributed by atoms with Gasteiger partial charge in [-0.25, -0.2) is 4.68 Å². The van der Waals surface area contributed by atoms with Gasteiger partial charge in [-0.2, -0.15) is 10.1 Å². The van der Waals surface area contributed by atoms with Crippen molar-refractivity contribution in [3.63, 3.8) is 0 Å². The number of hydrogen-bond acceptors (Lipinski definition) is 5. The van der Waals surface area contributed by atoms with E-state index in [0.29, 0.717) is 11.5 Å². The van der Waals surface area contributed by atoms with Crippen LogP contribution in [-0.4, -0.2) is 21.9 Å². The lowest BCUT2D eigenvalue weighted by Crippen LogP contribution is -2.32. The van der Waals surface area contributed by atoms with Gasteiger partial charge in [0.15, 0.2) is 5.82 Å². The van der Waals surface area contributed by atoms with Crippen molar-refractivity contribution in [1.29, 1.82) is 0 Å². The van der Waals surface area contributed by atoms with Crippen LogP contribution in [0.5, 0.6) is 5.75 Å². The number of anilines is 1. The van der Waals surface area contributed by atoms with Crippen LogP contribution < -0.4 is 15.6 Å². The molecule has 0 bridgehead atoms. The molecule has 2 aromatic carbocycles. The zero-order valence-electron chi connectivity index (χ0n) is 13.4. The van der Waals surface area contributed by atoms with Crippen molar-refractivity contribution in [1.82, 2.24) is 14.8 Å². The van der Waals surface area contributed by atoms with Gasteiger partial charge in [-0.15, -0.1) is 0 Å². The van der Waals surface area contributed by atoms with E-state index in [-0.39, 0.29) is 11.7 Å². The van der Waals surface area contributed by atoms with Crippen molar-refractivity contribution < 1.29 is 4.74 Å². The van der Waals surface area contributed by atoms with Crippen molar-refractivity contribution in [3.8, 4) is 17.1 Å². The first-order valence-electron chi connectivity index (χ1n) is 7.65. The van der Waals surface area contributed by atoms with E-state index in [1.54, 1.807) is 18.7 Å². The van der Waals surface area contributed by atoms with Crippen molar-refractivity contribution in [2.75, 3.05) is 12.4 Å². The number of benzene rings is 2. The fourth-order valence-corrected chi connectivity index (χ4v) is 2.87. The normalized spacial score (nSPS) is 15.2. The smallest absolute Gasteiger partial charge is 0.294 e. The van der Waals surface area contributed by atoms with Crippen LogP contribution in [-0.2, 0) is 0 Å². The maximum absolute atomic E-state index is 12.0. The predicted octanol–water partition coefficient (Wildman–Crippen LogP) is 2.59. The molecule has 2 heterocycles. The van der Waals surface area contributed by atoms with E-state index in [1.807, 2.05) is 48.5 Å². The molecule has 0 unspecified atom stereocenters. The number of rotatable bonds is 2. The maximum Gasteiger partial charge on any atom is 0.294 e. The summed E-state index contributed by atoms with van der Waals surface area (Å²) in [5.74, 6) is 1.36. The van der Waals surface area contributed by atoms with E-state index < -0.39 is 0 Å². The van der Waals surface area contributed by atoms with E-state index in [1.165, 1.54) is 0 Å². The van der Waals surface area contributed by atoms with Gasteiger partial charge >= 0.3 is 0 Å². The number of nitrogens with zero attached hydrogens (tertiary/aromatic N) is 3. The summed E-state index contributed by atoms with van der Waals surface area (Å²) < 4.78 is 6.99. The minimum atomic E-state index is -0.300.